The molecule has 2 rings (SSSR count). The average Bonchev–Trinajstić information content (AvgIpc) is 2.55. The van der Waals surface area contributed by atoms with Gasteiger partial charge in [0.25, 0.3) is 5.91 Å². The van der Waals surface area contributed by atoms with Crippen molar-refractivity contribution in [3.63, 3.8) is 0 Å². The highest BCUT2D eigenvalue weighted by Crippen LogP contribution is 2.22. The Labute approximate surface area is 134 Å². The minimum Gasteiger partial charge on any atom is -0.347 e. The van der Waals surface area contributed by atoms with Crippen molar-refractivity contribution < 1.29 is 4.79 Å². The maximum absolute atomic E-state index is 12.1. The molecule has 0 radical (unpaired) electrons. The van der Waals surface area contributed by atoms with E-state index in [0.29, 0.717) is 11.4 Å². The molecular weight excluding hydrogens is 302 g/mol. The van der Waals surface area contributed by atoms with Gasteiger partial charge in [-0.3, -0.25) is 4.79 Å². The zero-order valence-corrected chi connectivity index (χ0v) is 13.0. The summed E-state index contributed by atoms with van der Waals surface area (Å²) in [5.74, 6) is 0.577. The molecule has 0 saturated carbocycles. The molecule has 2 aromatic rings. The molecular formula is C17H16ClNOS. The van der Waals surface area contributed by atoms with Gasteiger partial charge in [0.05, 0.1) is 4.91 Å². The molecule has 1 N–H and O–H groups in total. The fourth-order valence-electron chi connectivity index (χ4n) is 1.75. The fourth-order valence-corrected chi connectivity index (χ4v) is 2.82. The molecule has 1 amide bonds. The monoisotopic (exact) mass is 317 g/mol. The molecule has 2 nitrogen and oxygen atoms in total. The van der Waals surface area contributed by atoms with Crippen molar-refractivity contribution in [1.82, 2.24) is 5.32 Å². The maximum Gasteiger partial charge on any atom is 0.258 e. The molecule has 0 aliphatic rings. The summed E-state index contributed by atoms with van der Waals surface area (Å²) in [6.07, 6.45) is 0. The van der Waals surface area contributed by atoms with E-state index in [1.807, 2.05) is 60.7 Å². The van der Waals surface area contributed by atoms with Crippen molar-refractivity contribution >= 4 is 29.3 Å². The van der Waals surface area contributed by atoms with Gasteiger partial charge >= 0.3 is 0 Å². The molecule has 0 spiro atoms. The minimum atomic E-state index is -0.144. The second kappa shape index (κ2) is 8.55. The summed E-state index contributed by atoms with van der Waals surface area (Å²) in [5.41, 5.74) is 3.57. The molecule has 0 heterocycles. The summed E-state index contributed by atoms with van der Waals surface area (Å²) in [5, 5.41) is 2.87. The van der Waals surface area contributed by atoms with E-state index in [1.165, 1.54) is 17.3 Å². The van der Waals surface area contributed by atoms with Crippen LogP contribution >= 0.6 is 23.4 Å². The van der Waals surface area contributed by atoms with Gasteiger partial charge in [0.1, 0.15) is 0 Å². The molecule has 0 unspecified atom stereocenters. The summed E-state index contributed by atoms with van der Waals surface area (Å²) < 4.78 is 0. The van der Waals surface area contributed by atoms with Crippen LogP contribution < -0.4 is 5.32 Å². The second-order valence-electron chi connectivity index (χ2n) is 4.42. The van der Waals surface area contributed by atoms with Crippen LogP contribution in [-0.2, 0) is 17.1 Å². The average molecular weight is 318 g/mol. The van der Waals surface area contributed by atoms with Crippen LogP contribution in [0.25, 0.3) is 0 Å². The lowest BCUT2D eigenvalue weighted by atomic mass is 10.2. The van der Waals surface area contributed by atoms with Gasteiger partial charge in [0, 0.05) is 17.8 Å². The Balaban J connectivity index is 1.84. The summed E-state index contributed by atoms with van der Waals surface area (Å²) in [6.45, 7) is 0.500. The van der Waals surface area contributed by atoms with Crippen LogP contribution in [0.15, 0.2) is 71.1 Å². The number of nitrogens with one attached hydrogen (secondary N) is 1. The van der Waals surface area contributed by atoms with Gasteiger partial charge in [-0.25, -0.2) is 0 Å². The second-order valence-corrected chi connectivity index (χ2v) is 5.65. The normalized spacial score (nSPS) is 11.2. The van der Waals surface area contributed by atoms with Gasteiger partial charge < -0.3 is 5.32 Å². The van der Waals surface area contributed by atoms with Crippen molar-refractivity contribution in [3.05, 3.63) is 82.2 Å². The highest BCUT2D eigenvalue weighted by molar-refractivity contribution is 8.03. The lowest BCUT2D eigenvalue weighted by molar-refractivity contribution is -0.116. The van der Waals surface area contributed by atoms with E-state index >= 15 is 0 Å². The van der Waals surface area contributed by atoms with Crippen molar-refractivity contribution in [3.8, 4) is 0 Å². The van der Waals surface area contributed by atoms with E-state index in [4.69, 9.17) is 11.6 Å². The van der Waals surface area contributed by atoms with Crippen LogP contribution in [0.3, 0.4) is 0 Å². The summed E-state index contributed by atoms with van der Waals surface area (Å²) >= 11 is 7.20. The number of rotatable bonds is 6. The topological polar surface area (TPSA) is 29.1 Å². The predicted molar refractivity (Wildman–Crippen MR) is 90.0 cm³/mol. The molecule has 0 aliphatic heterocycles. The third kappa shape index (κ3) is 5.29. The van der Waals surface area contributed by atoms with E-state index in [0.717, 1.165) is 16.9 Å². The first kappa shape index (κ1) is 15.7. The Hall–Kier alpha value is -1.71. The first-order chi connectivity index (χ1) is 10.3. The quantitative estimate of drug-likeness (QED) is 0.804. The molecule has 4 heteroatoms. The maximum atomic E-state index is 12.1. The van der Waals surface area contributed by atoms with Gasteiger partial charge in [0.2, 0.25) is 0 Å². The van der Waals surface area contributed by atoms with E-state index in [2.05, 4.69) is 5.32 Å². The largest absolute Gasteiger partial charge is 0.347 e. The summed E-state index contributed by atoms with van der Waals surface area (Å²) in [4.78, 5) is 12.6. The number of carbonyl (C=O) groups excluding carboxylic acids is 1. The zero-order valence-electron chi connectivity index (χ0n) is 11.5. The minimum absolute atomic E-state index is 0.144. The third-order valence-electron chi connectivity index (χ3n) is 2.86. The molecule has 0 aliphatic carbocycles. The van der Waals surface area contributed by atoms with E-state index in [1.54, 1.807) is 0 Å². The van der Waals surface area contributed by atoms with E-state index in [-0.39, 0.29) is 5.91 Å². The number of halogens is 1. The van der Waals surface area contributed by atoms with Gasteiger partial charge in [-0.1, -0.05) is 72.3 Å². The van der Waals surface area contributed by atoms with Gasteiger partial charge in [-0.15, -0.1) is 11.8 Å². The van der Waals surface area contributed by atoms with Crippen LogP contribution in [0.4, 0.5) is 0 Å². The smallest absolute Gasteiger partial charge is 0.258 e. The van der Waals surface area contributed by atoms with Gasteiger partial charge in [-0.05, 0) is 11.1 Å². The van der Waals surface area contributed by atoms with Crippen LogP contribution in [0.2, 0.25) is 0 Å². The van der Waals surface area contributed by atoms with Gasteiger partial charge in [-0.2, -0.15) is 0 Å². The molecule has 108 valence electrons. The van der Waals surface area contributed by atoms with Crippen molar-refractivity contribution in [2.24, 2.45) is 0 Å². The van der Waals surface area contributed by atoms with E-state index < -0.39 is 0 Å². The third-order valence-corrected chi connectivity index (χ3v) is 4.30. The number of amides is 1. The molecule has 0 aromatic heterocycles. The predicted octanol–water partition coefficient (Wildman–Crippen LogP) is 4.32. The molecule has 0 atom stereocenters. The highest BCUT2D eigenvalue weighted by atomic mass is 35.5. The van der Waals surface area contributed by atoms with E-state index in [9.17, 15) is 4.79 Å². The van der Waals surface area contributed by atoms with Crippen LogP contribution in [-0.4, -0.2) is 5.91 Å². The first-order valence-corrected chi connectivity index (χ1v) is 8.01. The lowest BCUT2D eigenvalue weighted by Crippen LogP contribution is -2.23. The summed E-state index contributed by atoms with van der Waals surface area (Å²) in [6, 6.07) is 19.8. The van der Waals surface area contributed by atoms with Crippen LogP contribution in [0.1, 0.15) is 11.1 Å². The standard InChI is InChI=1S/C17H16ClNOS/c18-11-16(21-13-15-9-5-2-6-10-15)17(20)19-12-14-7-3-1-4-8-14/h1-11H,12-13H2,(H,19,20)/b16-11-. The number of hydrogen-bond donors (Lipinski definition) is 1. The lowest BCUT2D eigenvalue weighted by Gasteiger charge is -2.08. The van der Waals surface area contributed by atoms with Gasteiger partial charge in [0.15, 0.2) is 0 Å². The molecule has 0 fully saturated rings. The number of thioether (sulfide) groups is 1. The highest BCUT2D eigenvalue weighted by Gasteiger charge is 2.09. The zero-order chi connectivity index (χ0) is 14.9. The Kier molecular flexibility index (Phi) is 6.38. The first-order valence-electron chi connectivity index (χ1n) is 6.59. The summed E-state index contributed by atoms with van der Waals surface area (Å²) in [7, 11) is 0. The Morgan fingerprint density at radius 3 is 2.14 bits per heavy atom. The Morgan fingerprint density at radius 1 is 1.00 bits per heavy atom. The van der Waals surface area contributed by atoms with Crippen LogP contribution in [0, 0.1) is 0 Å². The molecule has 2 aromatic carbocycles. The molecule has 0 bridgehead atoms. The molecule has 0 saturated heterocycles. The van der Waals surface area contributed by atoms with Crippen LogP contribution in [0.5, 0.6) is 0 Å². The SMILES string of the molecule is O=C(NCc1ccccc1)/C(=C/Cl)SCc1ccccc1. The Bertz CT molecular complexity index is 599. The number of carbonyl (C=O) groups is 1. The number of benzene rings is 2. The fraction of sp³-hybridized carbons (Fsp3) is 0.118. The van der Waals surface area contributed by atoms with Crippen molar-refractivity contribution in [1.29, 1.82) is 0 Å². The van der Waals surface area contributed by atoms with Crippen molar-refractivity contribution in [2.45, 2.75) is 12.3 Å². The van der Waals surface area contributed by atoms with Crippen molar-refractivity contribution in [2.75, 3.05) is 0 Å². The number of hydrogen-bond acceptors (Lipinski definition) is 2. The molecule has 21 heavy (non-hydrogen) atoms. The Morgan fingerprint density at radius 2 is 1.57 bits per heavy atom.